The summed E-state index contributed by atoms with van der Waals surface area (Å²) in [4.78, 5) is 36.6. The van der Waals surface area contributed by atoms with Gasteiger partial charge in [0.1, 0.15) is 17.4 Å². The van der Waals surface area contributed by atoms with Gasteiger partial charge in [-0.05, 0) is 85.4 Å². The molecule has 192 valence electrons. The smallest absolute Gasteiger partial charge is 0.316 e. The van der Waals surface area contributed by atoms with Crippen molar-refractivity contribution in [1.29, 1.82) is 0 Å². The van der Waals surface area contributed by atoms with Crippen LogP contribution in [-0.4, -0.2) is 36.4 Å². The Morgan fingerprint density at radius 3 is 2.73 bits per heavy atom. The van der Waals surface area contributed by atoms with E-state index in [4.69, 9.17) is 4.74 Å². The number of carbonyl (C=O) groups excluding carboxylic acids is 2. The maximum atomic E-state index is 13.6. The second-order valence-corrected chi connectivity index (χ2v) is 9.18. The van der Waals surface area contributed by atoms with Gasteiger partial charge in [-0.15, -0.1) is 4.91 Å². The second kappa shape index (κ2) is 12.1. The lowest BCUT2D eigenvalue weighted by Crippen LogP contribution is -2.38. The molecule has 9 heteroatoms. The number of benzene rings is 2. The molecular formula is C28H29FN4O4. The van der Waals surface area contributed by atoms with E-state index >= 15 is 0 Å². The Balaban J connectivity index is 1.26. The lowest BCUT2D eigenvalue weighted by Gasteiger charge is -2.34. The number of likely N-dealkylation sites (tertiary alicyclic amines) is 1. The van der Waals surface area contributed by atoms with Crippen molar-refractivity contribution in [2.45, 2.75) is 26.2 Å². The van der Waals surface area contributed by atoms with Crippen LogP contribution in [0.15, 0.2) is 83.6 Å². The van der Waals surface area contributed by atoms with Gasteiger partial charge in [0.05, 0.1) is 13.0 Å². The van der Waals surface area contributed by atoms with E-state index < -0.39 is 5.91 Å². The first-order valence-corrected chi connectivity index (χ1v) is 12.2. The third-order valence-electron chi connectivity index (χ3n) is 6.27. The number of hydrogen-bond donors (Lipinski definition) is 2. The number of halogens is 1. The number of hydrogen-bond acceptors (Lipinski definition) is 6. The van der Waals surface area contributed by atoms with Crippen molar-refractivity contribution in [3.63, 3.8) is 0 Å². The fourth-order valence-corrected chi connectivity index (χ4v) is 4.40. The van der Waals surface area contributed by atoms with Crippen LogP contribution in [-0.2, 0) is 11.2 Å². The third-order valence-corrected chi connectivity index (χ3v) is 6.27. The summed E-state index contributed by atoms with van der Waals surface area (Å²) in [7, 11) is 0. The molecule has 2 aromatic rings. The van der Waals surface area contributed by atoms with Gasteiger partial charge in [0.25, 0.3) is 0 Å². The van der Waals surface area contributed by atoms with Crippen LogP contribution in [0.5, 0.6) is 5.75 Å². The molecule has 1 fully saturated rings. The van der Waals surface area contributed by atoms with Crippen molar-refractivity contribution in [2.24, 2.45) is 11.1 Å². The molecule has 2 heterocycles. The monoisotopic (exact) mass is 504 g/mol. The Morgan fingerprint density at radius 2 is 1.97 bits per heavy atom. The van der Waals surface area contributed by atoms with Crippen LogP contribution in [0.3, 0.4) is 0 Å². The van der Waals surface area contributed by atoms with Gasteiger partial charge < -0.3 is 20.3 Å². The Bertz CT molecular complexity index is 1240. The van der Waals surface area contributed by atoms with Gasteiger partial charge in [0, 0.05) is 35.7 Å². The first-order valence-electron chi connectivity index (χ1n) is 12.2. The Kier molecular flexibility index (Phi) is 8.45. The van der Waals surface area contributed by atoms with E-state index in [1.165, 1.54) is 24.3 Å². The summed E-state index contributed by atoms with van der Waals surface area (Å²) in [5.74, 6) is 0.474. The highest BCUT2D eigenvalue weighted by molar-refractivity contribution is 5.95. The molecule has 0 saturated carbocycles. The number of aryl methyl sites for hydroxylation is 1. The molecule has 4 rings (SSSR count). The second-order valence-electron chi connectivity index (χ2n) is 9.18. The van der Waals surface area contributed by atoms with E-state index in [0.29, 0.717) is 29.5 Å². The summed E-state index contributed by atoms with van der Waals surface area (Å²) in [6, 6.07) is 11.1. The number of piperidine rings is 1. The molecule has 0 spiro atoms. The van der Waals surface area contributed by atoms with Crippen molar-refractivity contribution in [1.82, 2.24) is 15.5 Å². The first-order chi connectivity index (χ1) is 17.9. The van der Waals surface area contributed by atoms with Gasteiger partial charge in [-0.2, -0.15) is 0 Å². The minimum Gasteiger partial charge on any atom is -0.493 e. The van der Waals surface area contributed by atoms with E-state index in [-0.39, 0.29) is 23.7 Å². The van der Waals surface area contributed by atoms with Gasteiger partial charge in [0.2, 0.25) is 5.91 Å². The molecule has 0 radical (unpaired) electrons. The Morgan fingerprint density at radius 1 is 1.16 bits per heavy atom. The quantitative estimate of drug-likeness (QED) is 0.519. The maximum Gasteiger partial charge on any atom is 0.316 e. The molecule has 2 aliphatic heterocycles. The van der Waals surface area contributed by atoms with E-state index in [1.54, 1.807) is 37.4 Å². The van der Waals surface area contributed by atoms with Crippen LogP contribution in [0.2, 0.25) is 0 Å². The van der Waals surface area contributed by atoms with E-state index in [2.05, 4.69) is 20.7 Å². The highest BCUT2D eigenvalue weighted by atomic mass is 19.1. The molecule has 8 nitrogen and oxygen atoms in total. The minimum atomic E-state index is -0.810. The summed E-state index contributed by atoms with van der Waals surface area (Å²) in [5, 5.41) is 8.59. The average molecular weight is 505 g/mol. The molecule has 2 N–H and O–H groups in total. The summed E-state index contributed by atoms with van der Waals surface area (Å²) in [6.07, 6.45) is 9.31. The van der Waals surface area contributed by atoms with Crippen LogP contribution in [0.4, 0.5) is 4.39 Å². The van der Waals surface area contributed by atoms with Gasteiger partial charge in [-0.25, -0.2) is 4.39 Å². The lowest BCUT2D eigenvalue weighted by molar-refractivity contribution is -0.119. The van der Waals surface area contributed by atoms with Gasteiger partial charge >= 0.3 is 5.91 Å². The van der Waals surface area contributed by atoms with E-state index in [9.17, 15) is 18.9 Å². The molecule has 0 aliphatic carbocycles. The molecule has 0 aromatic heterocycles. The Hall–Kier alpha value is -4.27. The zero-order valence-electron chi connectivity index (χ0n) is 20.6. The lowest BCUT2D eigenvalue weighted by atomic mass is 9.98. The van der Waals surface area contributed by atoms with Crippen LogP contribution >= 0.6 is 0 Å². The van der Waals surface area contributed by atoms with Crippen LogP contribution in [0.1, 0.15) is 34.3 Å². The number of nitrogens with one attached hydrogen (secondary N) is 2. The number of nitroso groups, excluding NO2 is 1. The molecule has 2 aliphatic rings. The SMILES string of the molecule is Cc1cc(F)cc(CC(=O)NC2=CC=C(N3CCC(COc4cccc(C(=O)N=O)c4)CC3)NC=C2)c1. The molecule has 37 heavy (non-hydrogen) atoms. The first kappa shape index (κ1) is 25.8. The number of nitrogens with zero attached hydrogens (tertiary/aromatic N) is 2. The molecule has 2 aromatic carbocycles. The predicted molar refractivity (Wildman–Crippen MR) is 138 cm³/mol. The van der Waals surface area contributed by atoms with Gasteiger partial charge in [0.15, 0.2) is 0 Å². The van der Waals surface area contributed by atoms with Crippen LogP contribution < -0.4 is 15.4 Å². The molecule has 1 saturated heterocycles. The van der Waals surface area contributed by atoms with Crippen LogP contribution in [0, 0.1) is 23.6 Å². The summed E-state index contributed by atoms with van der Waals surface area (Å²) >= 11 is 0. The highest BCUT2D eigenvalue weighted by Crippen LogP contribution is 2.23. The zero-order valence-corrected chi connectivity index (χ0v) is 20.6. The number of carbonyl (C=O) groups is 2. The third kappa shape index (κ3) is 7.36. The van der Waals surface area contributed by atoms with Crippen molar-refractivity contribution in [3.8, 4) is 5.75 Å². The van der Waals surface area contributed by atoms with Crippen molar-refractivity contribution in [2.75, 3.05) is 19.7 Å². The zero-order chi connectivity index (χ0) is 26.2. The molecule has 0 atom stereocenters. The largest absolute Gasteiger partial charge is 0.493 e. The summed E-state index contributed by atoms with van der Waals surface area (Å²) in [6.45, 7) is 3.99. The number of amides is 2. The van der Waals surface area contributed by atoms with Gasteiger partial charge in [-0.3, -0.25) is 9.59 Å². The van der Waals surface area contributed by atoms with Gasteiger partial charge in [-0.1, -0.05) is 12.1 Å². The fraction of sp³-hybridized carbons (Fsp3) is 0.286. The molecular weight excluding hydrogens is 475 g/mol. The highest BCUT2D eigenvalue weighted by Gasteiger charge is 2.21. The summed E-state index contributed by atoms with van der Waals surface area (Å²) < 4.78 is 19.5. The molecule has 0 bridgehead atoms. The topological polar surface area (TPSA) is 100 Å². The summed E-state index contributed by atoms with van der Waals surface area (Å²) in [5.41, 5.74) is 2.28. The molecule has 0 unspecified atom stereocenters. The van der Waals surface area contributed by atoms with E-state index in [1.807, 2.05) is 12.2 Å². The number of ether oxygens (including phenoxy) is 1. The molecule has 2 amide bonds. The average Bonchev–Trinajstić information content (AvgIpc) is 3.12. The standard InChI is InChI=1S/C28H29FN4O4/c1-19-13-21(15-23(29)14-19)16-27(34)31-24-5-6-26(30-10-7-24)33-11-8-20(9-12-33)18-37-25-4-2-3-22(17-25)28(35)32-36/h2-7,10,13-15,17,20,30H,8-9,11-12,16,18H2,1H3,(H,31,34). The predicted octanol–water partition coefficient (Wildman–Crippen LogP) is 4.33. The number of allylic oxidation sites excluding steroid dienone is 3. The minimum absolute atomic E-state index is 0.0952. The number of rotatable bonds is 8. The maximum absolute atomic E-state index is 13.6. The normalized spacial score (nSPS) is 15.7. The van der Waals surface area contributed by atoms with Crippen LogP contribution in [0.25, 0.3) is 0 Å². The van der Waals surface area contributed by atoms with Crippen molar-refractivity contribution >= 4 is 11.8 Å². The van der Waals surface area contributed by atoms with E-state index in [0.717, 1.165) is 37.3 Å². The fourth-order valence-electron chi connectivity index (χ4n) is 4.40. The van der Waals surface area contributed by atoms with Crippen molar-refractivity contribution in [3.05, 3.63) is 106 Å². The Labute approximate surface area is 214 Å². The van der Waals surface area contributed by atoms with Crippen molar-refractivity contribution < 1.29 is 18.7 Å².